The fourth-order valence-corrected chi connectivity index (χ4v) is 3.08. The van der Waals surface area contributed by atoms with E-state index in [9.17, 15) is 0 Å². The molecule has 17 heavy (non-hydrogen) atoms. The van der Waals surface area contributed by atoms with Crippen LogP contribution < -0.4 is 5.32 Å². The van der Waals surface area contributed by atoms with Gasteiger partial charge in [0.1, 0.15) is 0 Å². The summed E-state index contributed by atoms with van der Waals surface area (Å²) in [6.45, 7) is 6.10. The minimum Gasteiger partial charge on any atom is -0.376 e. The quantitative estimate of drug-likeness (QED) is 0.928. The molecule has 3 atom stereocenters. The van der Waals surface area contributed by atoms with Gasteiger partial charge in [-0.25, -0.2) is 0 Å². The zero-order chi connectivity index (χ0) is 12.4. The summed E-state index contributed by atoms with van der Waals surface area (Å²) in [4.78, 5) is 0. The number of nitrogens with zero attached hydrogens (tertiary/aromatic N) is 2. The molecule has 3 unspecified atom stereocenters. The molecule has 0 radical (unpaired) electrons. The Kier molecular flexibility index (Phi) is 4.22. The summed E-state index contributed by atoms with van der Waals surface area (Å²) in [5.41, 5.74) is 1.19. The summed E-state index contributed by atoms with van der Waals surface area (Å²) in [6.07, 6.45) is 3.24. The fourth-order valence-electron chi connectivity index (χ4n) is 2.53. The lowest BCUT2D eigenvalue weighted by Crippen LogP contribution is -2.34. The molecule has 96 valence electrons. The Balaban J connectivity index is 2.31. The van der Waals surface area contributed by atoms with Crippen LogP contribution in [-0.2, 0) is 11.3 Å². The fraction of sp³-hybridized carbons (Fsp3) is 0.750. The maximum atomic E-state index is 5.87. The van der Waals surface area contributed by atoms with Crippen LogP contribution in [0.4, 0.5) is 0 Å². The van der Waals surface area contributed by atoms with Crippen molar-refractivity contribution in [3.63, 3.8) is 0 Å². The lowest BCUT2D eigenvalue weighted by molar-refractivity contribution is 0.0602. The molecule has 1 saturated heterocycles. The second-order valence-corrected chi connectivity index (χ2v) is 5.42. The molecule has 0 bridgehead atoms. The van der Waals surface area contributed by atoms with Crippen LogP contribution in [0.1, 0.15) is 32.0 Å². The van der Waals surface area contributed by atoms with Gasteiger partial charge in [-0.15, -0.1) is 0 Å². The Morgan fingerprint density at radius 2 is 2.47 bits per heavy atom. The maximum absolute atomic E-state index is 5.87. The number of rotatable bonds is 4. The van der Waals surface area contributed by atoms with Crippen molar-refractivity contribution in [3.8, 4) is 0 Å². The minimum atomic E-state index is 0.198. The minimum absolute atomic E-state index is 0.198. The Morgan fingerprint density at radius 3 is 3.00 bits per heavy atom. The summed E-state index contributed by atoms with van der Waals surface area (Å²) in [5, 5.41) is 7.75. The molecule has 0 aromatic carbocycles. The van der Waals surface area contributed by atoms with Crippen LogP contribution in [0.5, 0.6) is 0 Å². The van der Waals surface area contributed by atoms with E-state index in [-0.39, 0.29) is 12.1 Å². The number of ether oxygens (including phenoxy) is 1. The molecule has 2 rings (SSSR count). The molecular weight excluding hydrogens is 282 g/mol. The van der Waals surface area contributed by atoms with Gasteiger partial charge in [-0.1, -0.05) is 6.92 Å². The van der Waals surface area contributed by atoms with Crippen LogP contribution in [-0.4, -0.2) is 29.5 Å². The van der Waals surface area contributed by atoms with Crippen molar-refractivity contribution in [2.24, 2.45) is 5.92 Å². The molecule has 1 aliphatic heterocycles. The van der Waals surface area contributed by atoms with Gasteiger partial charge in [0, 0.05) is 13.2 Å². The molecule has 2 heterocycles. The predicted octanol–water partition coefficient (Wildman–Crippen LogP) is 2.35. The molecule has 5 heteroatoms. The summed E-state index contributed by atoms with van der Waals surface area (Å²) in [6, 6.07) is 0.198. The van der Waals surface area contributed by atoms with Crippen LogP contribution in [0, 0.1) is 5.92 Å². The Hall–Kier alpha value is -0.390. The van der Waals surface area contributed by atoms with Gasteiger partial charge in [0.05, 0.1) is 28.5 Å². The molecule has 0 saturated carbocycles. The van der Waals surface area contributed by atoms with Crippen LogP contribution in [0.25, 0.3) is 0 Å². The van der Waals surface area contributed by atoms with Crippen LogP contribution in [0.3, 0.4) is 0 Å². The molecule has 0 spiro atoms. The molecule has 1 fully saturated rings. The largest absolute Gasteiger partial charge is 0.376 e. The summed E-state index contributed by atoms with van der Waals surface area (Å²) in [7, 11) is 1.98. The highest BCUT2D eigenvalue weighted by atomic mass is 79.9. The van der Waals surface area contributed by atoms with Crippen molar-refractivity contribution in [1.82, 2.24) is 15.1 Å². The summed E-state index contributed by atoms with van der Waals surface area (Å²) in [5.74, 6) is 0.583. The van der Waals surface area contributed by atoms with Crippen molar-refractivity contribution in [3.05, 3.63) is 16.4 Å². The van der Waals surface area contributed by atoms with E-state index >= 15 is 0 Å². The second-order valence-electron chi connectivity index (χ2n) is 4.56. The highest BCUT2D eigenvalue weighted by Crippen LogP contribution is 2.34. The van der Waals surface area contributed by atoms with Crippen molar-refractivity contribution in [2.45, 2.75) is 39.0 Å². The van der Waals surface area contributed by atoms with Gasteiger partial charge in [-0.2, -0.15) is 5.10 Å². The zero-order valence-corrected chi connectivity index (χ0v) is 12.2. The maximum Gasteiger partial charge on any atom is 0.0811 e. The number of aromatic nitrogens is 2. The van der Waals surface area contributed by atoms with Crippen LogP contribution in [0.2, 0.25) is 0 Å². The molecule has 4 nitrogen and oxygen atoms in total. The summed E-state index contributed by atoms with van der Waals surface area (Å²) >= 11 is 3.59. The molecule has 0 amide bonds. The van der Waals surface area contributed by atoms with Gasteiger partial charge in [0.15, 0.2) is 0 Å². The van der Waals surface area contributed by atoms with E-state index in [1.807, 2.05) is 17.9 Å². The number of aryl methyl sites for hydroxylation is 1. The molecule has 1 aromatic rings. The SMILES string of the molecule is CCn1ncc(Br)c1C(NC)C1OCCC1C. The van der Waals surface area contributed by atoms with Crippen LogP contribution >= 0.6 is 15.9 Å². The Bertz CT molecular complexity index is 380. The van der Waals surface area contributed by atoms with Crippen molar-refractivity contribution in [1.29, 1.82) is 0 Å². The van der Waals surface area contributed by atoms with Crippen LogP contribution in [0.15, 0.2) is 10.7 Å². The first-order chi connectivity index (χ1) is 8.19. The van der Waals surface area contributed by atoms with Gasteiger partial charge in [0.25, 0.3) is 0 Å². The lowest BCUT2D eigenvalue weighted by atomic mass is 9.95. The third-order valence-corrected chi connectivity index (χ3v) is 4.12. The first kappa shape index (κ1) is 13.1. The van der Waals surface area contributed by atoms with Gasteiger partial charge >= 0.3 is 0 Å². The molecule has 1 N–H and O–H groups in total. The van der Waals surface area contributed by atoms with E-state index in [4.69, 9.17) is 4.74 Å². The number of nitrogens with one attached hydrogen (secondary N) is 1. The predicted molar refractivity (Wildman–Crippen MR) is 70.9 cm³/mol. The van der Waals surface area contributed by atoms with E-state index in [1.165, 1.54) is 5.69 Å². The Labute approximate surface area is 111 Å². The van der Waals surface area contributed by atoms with E-state index in [1.54, 1.807) is 0 Å². The zero-order valence-electron chi connectivity index (χ0n) is 10.6. The van der Waals surface area contributed by atoms with Crippen molar-refractivity contribution >= 4 is 15.9 Å². The third-order valence-electron chi connectivity index (χ3n) is 3.51. The first-order valence-electron chi connectivity index (χ1n) is 6.19. The van der Waals surface area contributed by atoms with Gasteiger partial charge < -0.3 is 10.1 Å². The molecule has 1 aromatic heterocycles. The van der Waals surface area contributed by atoms with Gasteiger partial charge in [-0.3, -0.25) is 4.68 Å². The van der Waals surface area contributed by atoms with Crippen molar-refractivity contribution < 1.29 is 4.74 Å². The standard InChI is InChI=1S/C12H20BrN3O/c1-4-16-11(9(13)7-15-16)10(14-3)12-8(2)5-6-17-12/h7-8,10,12,14H,4-6H2,1-3H3. The van der Waals surface area contributed by atoms with Gasteiger partial charge in [-0.05, 0) is 42.2 Å². The number of hydrogen-bond acceptors (Lipinski definition) is 3. The average molecular weight is 302 g/mol. The second kappa shape index (κ2) is 5.50. The number of hydrogen-bond donors (Lipinski definition) is 1. The highest BCUT2D eigenvalue weighted by Gasteiger charge is 2.34. The van der Waals surface area contributed by atoms with E-state index in [0.29, 0.717) is 5.92 Å². The Morgan fingerprint density at radius 1 is 1.71 bits per heavy atom. The van der Waals surface area contributed by atoms with E-state index in [0.717, 1.165) is 24.0 Å². The number of halogens is 1. The van der Waals surface area contributed by atoms with E-state index in [2.05, 4.69) is 40.2 Å². The topological polar surface area (TPSA) is 39.1 Å². The van der Waals surface area contributed by atoms with Gasteiger partial charge in [0.2, 0.25) is 0 Å². The normalized spacial score (nSPS) is 26.4. The first-order valence-corrected chi connectivity index (χ1v) is 6.98. The third kappa shape index (κ3) is 2.41. The number of likely N-dealkylation sites (N-methyl/N-ethyl adjacent to an activating group) is 1. The van der Waals surface area contributed by atoms with Crippen molar-refractivity contribution in [2.75, 3.05) is 13.7 Å². The molecule has 1 aliphatic rings. The smallest absolute Gasteiger partial charge is 0.0811 e. The summed E-state index contributed by atoms with van der Waals surface area (Å²) < 4.78 is 8.96. The van der Waals surface area contributed by atoms with E-state index < -0.39 is 0 Å². The average Bonchev–Trinajstić information content (AvgIpc) is 2.89. The molecule has 0 aliphatic carbocycles. The lowest BCUT2D eigenvalue weighted by Gasteiger charge is -2.26. The highest BCUT2D eigenvalue weighted by molar-refractivity contribution is 9.10. The molecular formula is C12H20BrN3O. The monoisotopic (exact) mass is 301 g/mol.